The average molecular weight is 245 g/mol. The van der Waals surface area contributed by atoms with Gasteiger partial charge in [-0.25, -0.2) is 4.98 Å². The maximum absolute atomic E-state index is 12.0. The molecule has 0 aliphatic heterocycles. The Balaban J connectivity index is 2.17. The molecule has 0 aromatic carbocycles. The van der Waals surface area contributed by atoms with Crippen molar-refractivity contribution in [1.82, 2.24) is 15.2 Å². The first-order valence-corrected chi connectivity index (χ1v) is 5.58. The molecule has 0 spiro atoms. The van der Waals surface area contributed by atoms with Crippen LogP contribution in [0.4, 0.5) is 11.5 Å². The van der Waals surface area contributed by atoms with Gasteiger partial charge in [-0.1, -0.05) is 0 Å². The lowest BCUT2D eigenvalue weighted by Gasteiger charge is -2.05. The predicted molar refractivity (Wildman–Crippen MR) is 69.8 cm³/mol. The van der Waals surface area contributed by atoms with Gasteiger partial charge in [0.2, 0.25) is 0 Å². The highest BCUT2D eigenvalue weighted by molar-refractivity contribution is 6.04. The topological polar surface area (TPSA) is 82.7 Å². The van der Waals surface area contributed by atoms with Gasteiger partial charge in [0, 0.05) is 13.2 Å². The third-order valence-corrected chi connectivity index (χ3v) is 2.65. The lowest BCUT2D eigenvalue weighted by atomic mass is 10.2. The van der Waals surface area contributed by atoms with Crippen LogP contribution in [0, 0.1) is 13.8 Å². The monoisotopic (exact) mass is 245 g/mol. The smallest absolute Gasteiger partial charge is 0.257 e. The van der Waals surface area contributed by atoms with E-state index in [-0.39, 0.29) is 5.91 Å². The Bertz CT molecular complexity index is 539. The van der Waals surface area contributed by atoms with E-state index in [2.05, 4.69) is 25.8 Å². The van der Waals surface area contributed by atoms with Gasteiger partial charge in [-0.05, 0) is 26.0 Å². The minimum Gasteiger partial charge on any atom is -0.373 e. The zero-order valence-electron chi connectivity index (χ0n) is 10.5. The standard InChI is InChI=1S/C12H15N5O/c1-7-11(8(2)17-16-7)15-12(18)9-4-5-10(13-3)14-6-9/h4-6H,1-3H3,(H,13,14)(H,15,18)(H,16,17). The van der Waals surface area contributed by atoms with Gasteiger partial charge in [0.25, 0.3) is 5.91 Å². The van der Waals surface area contributed by atoms with E-state index in [1.165, 1.54) is 6.20 Å². The highest BCUT2D eigenvalue weighted by atomic mass is 16.1. The molecular weight excluding hydrogens is 230 g/mol. The summed E-state index contributed by atoms with van der Waals surface area (Å²) < 4.78 is 0. The molecule has 18 heavy (non-hydrogen) atoms. The summed E-state index contributed by atoms with van der Waals surface area (Å²) in [6, 6.07) is 3.48. The van der Waals surface area contributed by atoms with E-state index in [0.717, 1.165) is 22.9 Å². The summed E-state index contributed by atoms with van der Waals surface area (Å²) in [6.07, 6.45) is 1.53. The minimum atomic E-state index is -0.197. The van der Waals surface area contributed by atoms with E-state index in [9.17, 15) is 4.79 Å². The van der Waals surface area contributed by atoms with Crippen LogP contribution in [0.3, 0.4) is 0 Å². The zero-order valence-corrected chi connectivity index (χ0v) is 10.5. The fourth-order valence-electron chi connectivity index (χ4n) is 1.60. The fraction of sp³-hybridized carbons (Fsp3) is 0.250. The molecule has 0 saturated carbocycles. The number of anilines is 2. The van der Waals surface area contributed by atoms with Gasteiger partial charge in [-0.2, -0.15) is 5.10 Å². The fourth-order valence-corrected chi connectivity index (χ4v) is 1.60. The molecule has 2 heterocycles. The highest BCUT2D eigenvalue weighted by Crippen LogP contribution is 2.17. The number of carbonyl (C=O) groups excluding carboxylic acids is 1. The number of aromatic nitrogens is 3. The van der Waals surface area contributed by atoms with E-state index in [1.807, 2.05) is 13.8 Å². The predicted octanol–water partition coefficient (Wildman–Crippen LogP) is 1.72. The van der Waals surface area contributed by atoms with Gasteiger partial charge in [-0.15, -0.1) is 0 Å². The first-order chi connectivity index (χ1) is 8.61. The molecule has 0 unspecified atom stereocenters. The van der Waals surface area contributed by atoms with Crippen LogP contribution in [-0.2, 0) is 0 Å². The van der Waals surface area contributed by atoms with Crippen molar-refractivity contribution in [3.8, 4) is 0 Å². The van der Waals surface area contributed by atoms with Crippen LogP contribution in [0.2, 0.25) is 0 Å². The average Bonchev–Trinajstić information content (AvgIpc) is 2.70. The molecule has 2 aromatic heterocycles. The Morgan fingerprint density at radius 3 is 2.61 bits per heavy atom. The summed E-state index contributed by atoms with van der Waals surface area (Å²) in [7, 11) is 1.78. The number of nitrogens with one attached hydrogen (secondary N) is 3. The largest absolute Gasteiger partial charge is 0.373 e. The Labute approximate surface area is 105 Å². The molecule has 2 aromatic rings. The van der Waals surface area contributed by atoms with Gasteiger partial charge in [-0.3, -0.25) is 9.89 Å². The van der Waals surface area contributed by atoms with Crippen LogP contribution in [0.15, 0.2) is 18.3 Å². The number of nitrogens with zero attached hydrogens (tertiary/aromatic N) is 2. The second-order valence-electron chi connectivity index (χ2n) is 3.95. The number of aromatic amines is 1. The SMILES string of the molecule is CNc1ccc(C(=O)Nc2c(C)n[nH]c2C)cn1. The Morgan fingerprint density at radius 1 is 1.33 bits per heavy atom. The molecule has 2 rings (SSSR count). The van der Waals surface area contributed by atoms with Crippen LogP contribution < -0.4 is 10.6 Å². The summed E-state index contributed by atoms with van der Waals surface area (Å²) >= 11 is 0. The second-order valence-corrected chi connectivity index (χ2v) is 3.95. The van der Waals surface area contributed by atoms with Crippen LogP contribution in [-0.4, -0.2) is 28.1 Å². The maximum atomic E-state index is 12.0. The van der Waals surface area contributed by atoms with Crippen molar-refractivity contribution in [1.29, 1.82) is 0 Å². The van der Waals surface area contributed by atoms with E-state index < -0.39 is 0 Å². The molecule has 6 nitrogen and oxygen atoms in total. The van der Waals surface area contributed by atoms with E-state index in [1.54, 1.807) is 19.2 Å². The van der Waals surface area contributed by atoms with Crippen molar-refractivity contribution in [2.45, 2.75) is 13.8 Å². The molecule has 94 valence electrons. The van der Waals surface area contributed by atoms with E-state index in [0.29, 0.717) is 5.56 Å². The molecule has 0 bridgehead atoms. The summed E-state index contributed by atoms with van der Waals surface area (Å²) in [5, 5.41) is 12.6. The third-order valence-electron chi connectivity index (χ3n) is 2.65. The normalized spacial score (nSPS) is 10.2. The van der Waals surface area contributed by atoms with Crippen molar-refractivity contribution in [2.24, 2.45) is 0 Å². The second kappa shape index (κ2) is 4.87. The molecule has 0 radical (unpaired) electrons. The van der Waals surface area contributed by atoms with Gasteiger partial charge < -0.3 is 10.6 Å². The lowest BCUT2D eigenvalue weighted by molar-refractivity contribution is 0.102. The van der Waals surface area contributed by atoms with Crippen LogP contribution in [0.1, 0.15) is 21.7 Å². The van der Waals surface area contributed by atoms with Gasteiger partial charge in [0.05, 0.1) is 22.6 Å². The Hall–Kier alpha value is -2.37. The maximum Gasteiger partial charge on any atom is 0.257 e. The number of rotatable bonds is 3. The summed E-state index contributed by atoms with van der Waals surface area (Å²) in [4.78, 5) is 16.1. The van der Waals surface area contributed by atoms with Crippen molar-refractivity contribution in [2.75, 3.05) is 17.7 Å². The molecule has 1 amide bonds. The van der Waals surface area contributed by atoms with Crippen molar-refractivity contribution >= 4 is 17.4 Å². The number of carbonyl (C=O) groups is 1. The number of pyridine rings is 1. The highest BCUT2D eigenvalue weighted by Gasteiger charge is 2.12. The molecule has 0 fully saturated rings. The molecule has 6 heteroatoms. The number of hydrogen-bond acceptors (Lipinski definition) is 4. The van der Waals surface area contributed by atoms with Crippen molar-refractivity contribution in [3.63, 3.8) is 0 Å². The summed E-state index contributed by atoms with van der Waals surface area (Å²) in [5.41, 5.74) is 2.83. The summed E-state index contributed by atoms with van der Waals surface area (Å²) in [5.74, 6) is 0.528. The minimum absolute atomic E-state index is 0.197. The summed E-state index contributed by atoms with van der Waals surface area (Å²) in [6.45, 7) is 3.69. The van der Waals surface area contributed by atoms with Crippen LogP contribution >= 0.6 is 0 Å². The lowest BCUT2D eigenvalue weighted by Crippen LogP contribution is -2.13. The van der Waals surface area contributed by atoms with Gasteiger partial charge >= 0.3 is 0 Å². The van der Waals surface area contributed by atoms with E-state index >= 15 is 0 Å². The molecular formula is C12H15N5O. The number of amides is 1. The molecule has 0 aliphatic carbocycles. The molecule has 0 atom stereocenters. The first-order valence-electron chi connectivity index (χ1n) is 5.58. The van der Waals surface area contributed by atoms with Crippen molar-refractivity contribution in [3.05, 3.63) is 35.3 Å². The van der Waals surface area contributed by atoms with Crippen LogP contribution in [0.5, 0.6) is 0 Å². The quantitative estimate of drug-likeness (QED) is 0.768. The molecule has 0 saturated heterocycles. The van der Waals surface area contributed by atoms with Crippen molar-refractivity contribution < 1.29 is 4.79 Å². The Morgan fingerprint density at radius 2 is 2.11 bits per heavy atom. The Kier molecular flexibility index (Phi) is 3.27. The molecule has 0 aliphatic rings. The van der Waals surface area contributed by atoms with Gasteiger partial charge in [0.1, 0.15) is 5.82 Å². The van der Waals surface area contributed by atoms with Gasteiger partial charge in [0.15, 0.2) is 0 Å². The van der Waals surface area contributed by atoms with E-state index in [4.69, 9.17) is 0 Å². The zero-order chi connectivity index (χ0) is 13.1. The number of aryl methyl sites for hydroxylation is 2. The number of H-pyrrole nitrogens is 1. The first kappa shape index (κ1) is 12.1. The molecule has 3 N–H and O–H groups in total. The number of hydrogen-bond donors (Lipinski definition) is 3. The van der Waals surface area contributed by atoms with Crippen LogP contribution in [0.25, 0.3) is 0 Å². The third kappa shape index (κ3) is 2.32.